The van der Waals surface area contributed by atoms with E-state index >= 15 is 0 Å². The number of benzene rings is 1. The van der Waals surface area contributed by atoms with Crippen LogP contribution < -0.4 is 0 Å². The van der Waals surface area contributed by atoms with Crippen LogP contribution in [0.2, 0.25) is 0 Å². The second-order valence-corrected chi connectivity index (χ2v) is 6.14. The van der Waals surface area contributed by atoms with Gasteiger partial charge in [-0.2, -0.15) is 0 Å². The second kappa shape index (κ2) is 6.70. The largest absolute Gasteiger partial charge is 0.441 e. The summed E-state index contributed by atoms with van der Waals surface area (Å²) in [6.07, 6.45) is 3.57. The van der Waals surface area contributed by atoms with Gasteiger partial charge in [-0.05, 0) is 25.1 Å². The van der Waals surface area contributed by atoms with Crippen LogP contribution in [0.5, 0.6) is 0 Å². The lowest BCUT2D eigenvalue weighted by Gasteiger charge is -2.32. The van der Waals surface area contributed by atoms with Gasteiger partial charge < -0.3 is 13.7 Å². The summed E-state index contributed by atoms with van der Waals surface area (Å²) >= 11 is 0. The Balaban J connectivity index is 1.31. The molecule has 2 aromatic heterocycles. The zero-order valence-corrected chi connectivity index (χ0v) is 13.8. The number of nitrogens with zero attached hydrogens (tertiary/aromatic N) is 5. The Labute approximate surface area is 140 Å². The number of hydrogen-bond donors (Lipinski definition) is 0. The van der Waals surface area contributed by atoms with E-state index in [4.69, 9.17) is 9.15 Å². The van der Waals surface area contributed by atoms with E-state index in [-0.39, 0.29) is 6.10 Å². The molecule has 1 aromatic carbocycles. The molecule has 7 nitrogen and oxygen atoms in total. The molecule has 1 saturated heterocycles. The summed E-state index contributed by atoms with van der Waals surface area (Å²) in [5, 5.41) is 8.10. The van der Waals surface area contributed by atoms with E-state index < -0.39 is 0 Å². The molecular weight excluding hydrogens is 306 g/mol. The van der Waals surface area contributed by atoms with Crippen LogP contribution >= 0.6 is 0 Å². The van der Waals surface area contributed by atoms with Crippen LogP contribution in [0.4, 0.5) is 0 Å². The minimum absolute atomic E-state index is 0.00410. The summed E-state index contributed by atoms with van der Waals surface area (Å²) in [5.41, 5.74) is 1.79. The molecule has 0 amide bonds. The number of hydrogen-bond acceptors (Lipinski definition) is 6. The fraction of sp³-hybridized carbons (Fsp3) is 0.471. The average Bonchev–Trinajstić information content (AvgIpc) is 3.20. The molecule has 3 heterocycles. The van der Waals surface area contributed by atoms with Gasteiger partial charge in [-0.3, -0.25) is 4.90 Å². The van der Waals surface area contributed by atoms with Gasteiger partial charge in [0, 0.05) is 26.6 Å². The Morgan fingerprint density at radius 1 is 1.29 bits per heavy atom. The summed E-state index contributed by atoms with van der Waals surface area (Å²) in [7, 11) is 1.95. The van der Waals surface area contributed by atoms with Crippen molar-refractivity contribution in [2.45, 2.75) is 18.9 Å². The first-order valence-corrected chi connectivity index (χ1v) is 8.32. The molecule has 0 bridgehead atoms. The van der Waals surface area contributed by atoms with Gasteiger partial charge in [0.2, 0.25) is 0 Å². The number of morpholine rings is 1. The van der Waals surface area contributed by atoms with Crippen LogP contribution in [0.25, 0.3) is 11.1 Å². The van der Waals surface area contributed by atoms with Gasteiger partial charge in [0.15, 0.2) is 17.3 Å². The predicted octanol–water partition coefficient (Wildman–Crippen LogP) is 1.96. The molecule has 24 heavy (non-hydrogen) atoms. The van der Waals surface area contributed by atoms with Gasteiger partial charge >= 0.3 is 0 Å². The number of oxazole rings is 1. The second-order valence-electron chi connectivity index (χ2n) is 6.14. The SMILES string of the molecule is Cn1cnnc1[C@H]1CN(CCCc2nc3ccccc3o2)CCO1. The Morgan fingerprint density at radius 3 is 3.04 bits per heavy atom. The van der Waals surface area contributed by atoms with Gasteiger partial charge in [0.1, 0.15) is 17.9 Å². The zero-order valence-electron chi connectivity index (χ0n) is 13.8. The van der Waals surface area contributed by atoms with Crippen molar-refractivity contribution in [2.75, 3.05) is 26.2 Å². The number of aryl methyl sites for hydroxylation is 2. The molecule has 0 unspecified atom stereocenters. The molecule has 1 atom stereocenters. The first-order chi connectivity index (χ1) is 11.8. The van der Waals surface area contributed by atoms with E-state index in [9.17, 15) is 0 Å². The third-order valence-electron chi connectivity index (χ3n) is 4.39. The number of ether oxygens (including phenoxy) is 1. The number of fused-ring (bicyclic) bond motifs is 1. The monoisotopic (exact) mass is 327 g/mol. The summed E-state index contributed by atoms with van der Waals surface area (Å²) in [4.78, 5) is 6.94. The Bertz CT molecular complexity index is 779. The molecule has 0 spiro atoms. The molecule has 1 aliphatic rings. The topological polar surface area (TPSA) is 69.2 Å². The molecule has 0 aliphatic carbocycles. The Hall–Kier alpha value is -2.25. The van der Waals surface area contributed by atoms with E-state index in [1.807, 2.05) is 35.9 Å². The molecule has 1 fully saturated rings. The van der Waals surface area contributed by atoms with Crippen LogP contribution in [-0.4, -0.2) is 50.9 Å². The van der Waals surface area contributed by atoms with Crippen LogP contribution in [0, 0.1) is 0 Å². The van der Waals surface area contributed by atoms with E-state index in [0.29, 0.717) is 0 Å². The van der Waals surface area contributed by atoms with Crippen molar-refractivity contribution in [2.24, 2.45) is 7.05 Å². The number of rotatable bonds is 5. The fourth-order valence-electron chi connectivity index (χ4n) is 3.13. The summed E-state index contributed by atoms with van der Waals surface area (Å²) in [6.45, 7) is 3.51. The minimum Gasteiger partial charge on any atom is -0.441 e. The lowest BCUT2D eigenvalue weighted by atomic mass is 10.2. The van der Waals surface area contributed by atoms with E-state index in [1.54, 1.807) is 6.33 Å². The van der Waals surface area contributed by atoms with Gasteiger partial charge in [0.05, 0.1) is 6.61 Å². The Morgan fingerprint density at radius 2 is 2.21 bits per heavy atom. The van der Waals surface area contributed by atoms with Crippen LogP contribution in [0.1, 0.15) is 24.2 Å². The molecule has 0 saturated carbocycles. The van der Waals surface area contributed by atoms with Crippen molar-refractivity contribution in [3.8, 4) is 0 Å². The van der Waals surface area contributed by atoms with E-state index in [1.165, 1.54) is 0 Å². The predicted molar refractivity (Wildman–Crippen MR) is 88.5 cm³/mol. The molecule has 7 heteroatoms. The van der Waals surface area contributed by atoms with E-state index in [2.05, 4.69) is 20.1 Å². The maximum Gasteiger partial charge on any atom is 0.195 e. The van der Waals surface area contributed by atoms with Crippen molar-refractivity contribution < 1.29 is 9.15 Å². The highest BCUT2D eigenvalue weighted by Gasteiger charge is 2.25. The lowest BCUT2D eigenvalue weighted by Crippen LogP contribution is -2.39. The first kappa shape index (κ1) is 15.3. The quantitative estimate of drug-likeness (QED) is 0.713. The van der Waals surface area contributed by atoms with E-state index in [0.717, 1.165) is 61.9 Å². The molecule has 126 valence electrons. The van der Waals surface area contributed by atoms with Crippen molar-refractivity contribution in [3.63, 3.8) is 0 Å². The van der Waals surface area contributed by atoms with Gasteiger partial charge in [-0.15, -0.1) is 10.2 Å². The summed E-state index contributed by atoms with van der Waals surface area (Å²) in [5.74, 6) is 1.70. The molecule has 0 radical (unpaired) electrons. The standard InChI is InChI=1S/C17H21N5O2/c1-21-12-18-20-17(21)15-11-22(9-10-23-15)8-4-7-16-19-13-5-2-3-6-14(13)24-16/h2-3,5-6,12,15H,4,7-11H2,1H3/t15-/m1/s1. The molecular formula is C17H21N5O2. The third-order valence-corrected chi connectivity index (χ3v) is 4.39. The van der Waals surface area contributed by atoms with Gasteiger partial charge in [-0.25, -0.2) is 4.98 Å². The summed E-state index contributed by atoms with van der Waals surface area (Å²) < 4.78 is 13.5. The molecule has 0 N–H and O–H groups in total. The average molecular weight is 327 g/mol. The van der Waals surface area contributed by atoms with Gasteiger partial charge in [-0.1, -0.05) is 12.1 Å². The first-order valence-electron chi connectivity index (χ1n) is 8.32. The Kier molecular flexibility index (Phi) is 4.27. The molecule has 1 aliphatic heterocycles. The maximum absolute atomic E-state index is 5.84. The highest BCUT2D eigenvalue weighted by Crippen LogP contribution is 2.20. The smallest absolute Gasteiger partial charge is 0.195 e. The lowest BCUT2D eigenvalue weighted by molar-refractivity contribution is -0.0359. The highest BCUT2D eigenvalue weighted by molar-refractivity contribution is 5.72. The van der Waals surface area contributed by atoms with Crippen molar-refractivity contribution in [1.29, 1.82) is 0 Å². The normalized spacial score (nSPS) is 19.1. The van der Waals surface area contributed by atoms with Crippen molar-refractivity contribution in [3.05, 3.63) is 42.3 Å². The van der Waals surface area contributed by atoms with Crippen LogP contribution in [0.15, 0.2) is 35.0 Å². The third kappa shape index (κ3) is 3.18. The fourth-order valence-corrected chi connectivity index (χ4v) is 3.13. The highest BCUT2D eigenvalue weighted by atomic mass is 16.5. The molecule has 4 rings (SSSR count). The minimum atomic E-state index is -0.00410. The zero-order chi connectivity index (χ0) is 16.4. The van der Waals surface area contributed by atoms with Crippen molar-refractivity contribution >= 4 is 11.1 Å². The number of aromatic nitrogens is 4. The molecule has 3 aromatic rings. The maximum atomic E-state index is 5.84. The van der Waals surface area contributed by atoms with Crippen LogP contribution in [-0.2, 0) is 18.2 Å². The number of para-hydroxylation sites is 2. The summed E-state index contributed by atoms with van der Waals surface area (Å²) in [6, 6.07) is 7.89. The van der Waals surface area contributed by atoms with Crippen LogP contribution in [0.3, 0.4) is 0 Å². The van der Waals surface area contributed by atoms with Gasteiger partial charge in [0.25, 0.3) is 0 Å². The van der Waals surface area contributed by atoms with Crippen molar-refractivity contribution in [1.82, 2.24) is 24.6 Å².